The van der Waals surface area contributed by atoms with E-state index >= 15 is 0 Å². The molecule has 1 nitrogen and oxygen atoms in total. The van der Waals surface area contributed by atoms with Gasteiger partial charge < -0.3 is 0 Å². The maximum Gasteiger partial charge on any atom is 0.185 e. The van der Waals surface area contributed by atoms with Crippen LogP contribution < -0.4 is 0 Å². The Labute approximate surface area is 108 Å². The van der Waals surface area contributed by atoms with E-state index in [1.54, 1.807) is 6.08 Å². The van der Waals surface area contributed by atoms with Crippen LogP contribution in [0.3, 0.4) is 0 Å². The minimum atomic E-state index is 0.0384. The number of ketones is 1. The molecule has 2 aromatic carbocycles. The third kappa shape index (κ3) is 2.75. The molecule has 0 amide bonds. The fraction of sp³-hybridized carbons (Fsp3) is 0.118. The molecule has 0 aliphatic rings. The summed E-state index contributed by atoms with van der Waals surface area (Å²) in [4.78, 5) is 11.9. The molecule has 0 unspecified atom stereocenters. The Hall–Kier alpha value is -2.15. The van der Waals surface area contributed by atoms with Crippen LogP contribution in [0.2, 0.25) is 0 Å². The minimum absolute atomic E-state index is 0.0384. The lowest BCUT2D eigenvalue weighted by molar-refractivity contribution is 0.104. The van der Waals surface area contributed by atoms with Gasteiger partial charge in [0.2, 0.25) is 0 Å². The van der Waals surface area contributed by atoms with E-state index in [1.807, 2.05) is 48.5 Å². The van der Waals surface area contributed by atoms with E-state index in [2.05, 4.69) is 19.9 Å². The normalized spacial score (nSPS) is 10.8. The zero-order valence-corrected chi connectivity index (χ0v) is 10.7. The quantitative estimate of drug-likeness (QED) is 0.576. The van der Waals surface area contributed by atoms with E-state index in [4.69, 9.17) is 0 Å². The summed E-state index contributed by atoms with van der Waals surface area (Å²) in [6, 6.07) is 15.4. The van der Waals surface area contributed by atoms with Gasteiger partial charge >= 0.3 is 0 Å². The predicted octanol–water partition coefficient (Wildman–Crippen LogP) is 4.20. The third-order valence-corrected chi connectivity index (χ3v) is 3.12. The second-order valence-corrected chi connectivity index (χ2v) is 4.35. The molecule has 2 rings (SSSR count). The van der Waals surface area contributed by atoms with Gasteiger partial charge in [0.05, 0.1) is 0 Å². The highest BCUT2D eigenvalue weighted by atomic mass is 16.1. The third-order valence-electron chi connectivity index (χ3n) is 3.12. The standard InChI is InChI=1S/C17H16O/c1-13-7-6-10-15(14(13)2)11-12-17(18)16-8-4-3-5-9-16/h3-12H,1-2H3. The van der Waals surface area contributed by atoms with Gasteiger partial charge in [-0.3, -0.25) is 4.79 Å². The molecule has 0 aliphatic carbocycles. The maximum atomic E-state index is 11.9. The van der Waals surface area contributed by atoms with Crippen LogP contribution in [0.25, 0.3) is 6.08 Å². The fourth-order valence-corrected chi connectivity index (χ4v) is 1.82. The summed E-state index contributed by atoms with van der Waals surface area (Å²) < 4.78 is 0. The van der Waals surface area contributed by atoms with Gasteiger partial charge in [-0.2, -0.15) is 0 Å². The summed E-state index contributed by atoms with van der Waals surface area (Å²) in [6.07, 6.45) is 3.52. The van der Waals surface area contributed by atoms with Crippen LogP contribution in [0.5, 0.6) is 0 Å². The van der Waals surface area contributed by atoms with Crippen LogP contribution in [-0.2, 0) is 0 Å². The average Bonchev–Trinajstić information content (AvgIpc) is 2.41. The number of aryl methyl sites for hydroxylation is 1. The first-order chi connectivity index (χ1) is 8.68. The molecule has 0 aliphatic heterocycles. The lowest BCUT2D eigenvalue weighted by atomic mass is 10.0. The number of carbonyl (C=O) groups excluding carboxylic acids is 1. The Morgan fingerprint density at radius 2 is 1.67 bits per heavy atom. The minimum Gasteiger partial charge on any atom is -0.289 e. The zero-order valence-electron chi connectivity index (χ0n) is 10.7. The van der Waals surface area contributed by atoms with Crippen molar-refractivity contribution in [2.24, 2.45) is 0 Å². The fourth-order valence-electron chi connectivity index (χ4n) is 1.82. The van der Waals surface area contributed by atoms with E-state index in [0.717, 1.165) is 11.1 Å². The number of carbonyl (C=O) groups is 1. The Kier molecular flexibility index (Phi) is 3.73. The van der Waals surface area contributed by atoms with Crippen LogP contribution in [0.4, 0.5) is 0 Å². The smallest absolute Gasteiger partial charge is 0.185 e. The summed E-state index contributed by atoms with van der Waals surface area (Å²) in [5.41, 5.74) is 4.28. The maximum absolute atomic E-state index is 11.9. The van der Waals surface area contributed by atoms with Gasteiger partial charge in [-0.25, -0.2) is 0 Å². The number of allylic oxidation sites excluding steroid dienone is 1. The summed E-state index contributed by atoms with van der Waals surface area (Å²) in [5.74, 6) is 0.0384. The molecule has 0 bridgehead atoms. The van der Waals surface area contributed by atoms with E-state index in [0.29, 0.717) is 0 Å². The van der Waals surface area contributed by atoms with Crippen molar-refractivity contribution >= 4 is 11.9 Å². The highest BCUT2D eigenvalue weighted by Gasteiger charge is 2.01. The Morgan fingerprint density at radius 3 is 2.39 bits per heavy atom. The average molecular weight is 236 g/mol. The molecule has 0 heterocycles. The zero-order chi connectivity index (χ0) is 13.0. The predicted molar refractivity (Wildman–Crippen MR) is 75.7 cm³/mol. The topological polar surface area (TPSA) is 17.1 Å². The summed E-state index contributed by atoms with van der Waals surface area (Å²) in [5, 5.41) is 0. The molecule has 0 atom stereocenters. The molecule has 0 fully saturated rings. The van der Waals surface area contributed by atoms with Crippen molar-refractivity contribution in [3.05, 3.63) is 76.9 Å². The Morgan fingerprint density at radius 1 is 0.944 bits per heavy atom. The van der Waals surface area contributed by atoms with Gasteiger partial charge in [0, 0.05) is 5.56 Å². The molecule has 0 spiro atoms. The van der Waals surface area contributed by atoms with Crippen LogP contribution in [0.1, 0.15) is 27.0 Å². The number of hydrogen-bond acceptors (Lipinski definition) is 1. The van der Waals surface area contributed by atoms with Crippen molar-refractivity contribution in [3.8, 4) is 0 Å². The molecule has 0 N–H and O–H groups in total. The summed E-state index contributed by atoms with van der Waals surface area (Å²) in [6.45, 7) is 4.15. The molecule has 0 radical (unpaired) electrons. The molecular formula is C17H16O. The highest BCUT2D eigenvalue weighted by Crippen LogP contribution is 2.14. The largest absolute Gasteiger partial charge is 0.289 e. The van der Waals surface area contributed by atoms with Gasteiger partial charge in [0.1, 0.15) is 0 Å². The van der Waals surface area contributed by atoms with Gasteiger partial charge in [-0.05, 0) is 36.6 Å². The van der Waals surface area contributed by atoms with E-state index in [9.17, 15) is 4.79 Å². The summed E-state index contributed by atoms with van der Waals surface area (Å²) in [7, 11) is 0. The number of rotatable bonds is 3. The first-order valence-electron chi connectivity index (χ1n) is 6.02. The first-order valence-corrected chi connectivity index (χ1v) is 6.02. The van der Waals surface area contributed by atoms with Gasteiger partial charge in [-0.1, -0.05) is 54.6 Å². The molecule has 18 heavy (non-hydrogen) atoms. The van der Waals surface area contributed by atoms with Crippen molar-refractivity contribution in [3.63, 3.8) is 0 Å². The molecule has 1 heteroatoms. The van der Waals surface area contributed by atoms with E-state index in [-0.39, 0.29) is 5.78 Å². The Balaban J connectivity index is 2.22. The van der Waals surface area contributed by atoms with Gasteiger partial charge in [0.25, 0.3) is 0 Å². The van der Waals surface area contributed by atoms with Crippen molar-refractivity contribution in [2.45, 2.75) is 13.8 Å². The molecular weight excluding hydrogens is 220 g/mol. The van der Waals surface area contributed by atoms with Crippen molar-refractivity contribution in [2.75, 3.05) is 0 Å². The van der Waals surface area contributed by atoms with E-state index < -0.39 is 0 Å². The summed E-state index contributed by atoms with van der Waals surface area (Å²) >= 11 is 0. The molecule has 0 aromatic heterocycles. The molecule has 0 saturated heterocycles. The van der Waals surface area contributed by atoms with Crippen LogP contribution in [0, 0.1) is 13.8 Å². The van der Waals surface area contributed by atoms with E-state index in [1.165, 1.54) is 11.1 Å². The van der Waals surface area contributed by atoms with Crippen molar-refractivity contribution in [1.29, 1.82) is 0 Å². The van der Waals surface area contributed by atoms with Crippen LogP contribution in [-0.4, -0.2) is 5.78 Å². The molecule has 0 saturated carbocycles. The molecule has 90 valence electrons. The Bertz CT molecular complexity index is 580. The second kappa shape index (κ2) is 5.46. The lowest BCUT2D eigenvalue weighted by Crippen LogP contribution is -1.93. The molecule has 2 aromatic rings. The number of hydrogen-bond donors (Lipinski definition) is 0. The second-order valence-electron chi connectivity index (χ2n) is 4.35. The monoisotopic (exact) mass is 236 g/mol. The van der Waals surface area contributed by atoms with Crippen LogP contribution >= 0.6 is 0 Å². The first kappa shape index (κ1) is 12.3. The highest BCUT2D eigenvalue weighted by molar-refractivity contribution is 6.06. The van der Waals surface area contributed by atoms with Crippen molar-refractivity contribution < 1.29 is 4.79 Å². The SMILES string of the molecule is Cc1cccc(C=CC(=O)c2ccccc2)c1C. The van der Waals surface area contributed by atoms with Gasteiger partial charge in [-0.15, -0.1) is 0 Å². The van der Waals surface area contributed by atoms with Crippen LogP contribution in [0.15, 0.2) is 54.6 Å². The van der Waals surface area contributed by atoms with Gasteiger partial charge in [0.15, 0.2) is 5.78 Å². The number of benzene rings is 2. The lowest BCUT2D eigenvalue weighted by Gasteiger charge is -2.03. The van der Waals surface area contributed by atoms with Crippen molar-refractivity contribution in [1.82, 2.24) is 0 Å².